The first-order valence-electron chi connectivity index (χ1n) is 10.6. The molecule has 6 heteroatoms. The highest BCUT2D eigenvalue weighted by Crippen LogP contribution is 2.41. The van der Waals surface area contributed by atoms with E-state index < -0.39 is 0 Å². The largest absolute Gasteiger partial charge is 0.393 e. The van der Waals surface area contributed by atoms with Crippen LogP contribution in [0.4, 0.5) is 0 Å². The number of aliphatic hydroxyl groups excluding tert-OH is 1. The van der Waals surface area contributed by atoms with E-state index in [2.05, 4.69) is 22.5 Å². The number of piperidine rings is 1. The van der Waals surface area contributed by atoms with Crippen LogP contribution in [0.5, 0.6) is 0 Å². The quantitative estimate of drug-likeness (QED) is 0.313. The van der Waals surface area contributed by atoms with Crippen molar-refractivity contribution in [2.45, 2.75) is 64.4 Å². The van der Waals surface area contributed by atoms with Crippen molar-refractivity contribution in [3.8, 4) is 0 Å². The van der Waals surface area contributed by atoms with E-state index in [1.807, 2.05) is 0 Å². The zero-order valence-corrected chi connectivity index (χ0v) is 16.9. The normalized spacial score (nSPS) is 21.9. The Kier molecular flexibility index (Phi) is 9.72. The molecule has 0 aromatic heterocycles. The van der Waals surface area contributed by atoms with Crippen LogP contribution in [0, 0.1) is 5.41 Å². The van der Waals surface area contributed by atoms with Crippen LogP contribution in [-0.4, -0.2) is 75.1 Å². The number of ether oxygens (including phenoxy) is 1. The molecule has 1 saturated carbocycles. The minimum atomic E-state index is -0.0853. The van der Waals surface area contributed by atoms with E-state index >= 15 is 0 Å². The molecule has 0 radical (unpaired) electrons. The van der Waals surface area contributed by atoms with Crippen LogP contribution >= 0.6 is 0 Å². The van der Waals surface area contributed by atoms with Crippen molar-refractivity contribution in [3.05, 3.63) is 0 Å². The Hall–Kier alpha value is -0.850. The van der Waals surface area contributed by atoms with Crippen molar-refractivity contribution < 1.29 is 9.84 Å². The van der Waals surface area contributed by atoms with Gasteiger partial charge in [-0.1, -0.05) is 12.8 Å². The number of aliphatic hydroxyl groups is 1. The molecule has 1 heterocycles. The number of hydrogen-bond donors (Lipinski definition) is 3. The molecule has 0 aromatic rings. The molecular weight excluding hydrogens is 328 g/mol. The van der Waals surface area contributed by atoms with Crippen molar-refractivity contribution in [2.24, 2.45) is 10.4 Å². The van der Waals surface area contributed by atoms with Gasteiger partial charge in [-0.15, -0.1) is 0 Å². The van der Waals surface area contributed by atoms with Gasteiger partial charge in [-0.2, -0.15) is 0 Å². The summed E-state index contributed by atoms with van der Waals surface area (Å²) in [6.45, 7) is 8.83. The van der Waals surface area contributed by atoms with Crippen molar-refractivity contribution in [1.82, 2.24) is 15.5 Å². The SMILES string of the molecule is CCNC(=NCC1(CCOC)CCCC1)NCCCN1CCC(O)CC1. The van der Waals surface area contributed by atoms with Crippen molar-refractivity contribution in [1.29, 1.82) is 0 Å². The maximum absolute atomic E-state index is 9.58. The molecule has 2 aliphatic rings. The maximum Gasteiger partial charge on any atom is 0.191 e. The summed E-state index contributed by atoms with van der Waals surface area (Å²) >= 11 is 0. The van der Waals surface area contributed by atoms with Gasteiger partial charge < -0.3 is 25.4 Å². The van der Waals surface area contributed by atoms with Gasteiger partial charge in [-0.25, -0.2) is 0 Å². The summed E-state index contributed by atoms with van der Waals surface area (Å²) in [5, 5.41) is 16.5. The molecule has 0 bridgehead atoms. The number of nitrogens with one attached hydrogen (secondary N) is 2. The number of guanidine groups is 1. The standard InChI is InChI=1S/C20H40N4O2/c1-3-21-19(22-12-6-13-24-14-7-18(25)8-15-24)23-17-20(11-16-26-2)9-4-5-10-20/h18,25H,3-17H2,1-2H3,(H2,21,22,23). The first kappa shape index (κ1) is 21.5. The summed E-state index contributed by atoms with van der Waals surface area (Å²) in [4.78, 5) is 7.36. The molecule has 1 aliphatic carbocycles. The maximum atomic E-state index is 9.58. The van der Waals surface area contributed by atoms with E-state index in [-0.39, 0.29) is 6.10 Å². The Morgan fingerprint density at radius 1 is 1.23 bits per heavy atom. The van der Waals surface area contributed by atoms with Gasteiger partial charge in [0.2, 0.25) is 0 Å². The van der Waals surface area contributed by atoms with Gasteiger partial charge in [0.1, 0.15) is 0 Å². The van der Waals surface area contributed by atoms with Gasteiger partial charge in [-0.3, -0.25) is 4.99 Å². The summed E-state index contributed by atoms with van der Waals surface area (Å²) in [5.41, 5.74) is 0.340. The van der Waals surface area contributed by atoms with E-state index in [9.17, 15) is 5.11 Å². The molecule has 0 amide bonds. The van der Waals surface area contributed by atoms with Crippen LogP contribution in [0.25, 0.3) is 0 Å². The summed E-state index contributed by atoms with van der Waals surface area (Å²) in [7, 11) is 1.79. The molecule has 1 saturated heterocycles. The second-order valence-corrected chi connectivity index (χ2v) is 8.00. The zero-order chi connectivity index (χ0) is 18.7. The Morgan fingerprint density at radius 2 is 1.96 bits per heavy atom. The average molecular weight is 369 g/mol. The van der Waals surface area contributed by atoms with Crippen LogP contribution in [-0.2, 0) is 4.74 Å². The third-order valence-corrected chi connectivity index (χ3v) is 5.92. The van der Waals surface area contributed by atoms with E-state index in [0.717, 1.165) is 77.5 Å². The molecular formula is C20H40N4O2. The summed E-state index contributed by atoms with van der Waals surface area (Å²) in [6, 6.07) is 0. The number of nitrogens with zero attached hydrogens (tertiary/aromatic N) is 2. The Bertz CT molecular complexity index is 403. The minimum absolute atomic E-state index is 0.0853. The molecule has 152 valence electrons. The molecule has 26 heavy (non-hydrogen) atoms. The number of rotatable bonds is 10. The summed E-state index contributed by atoms with van der Waals surface area (Å²) < 4.78 is 5.33. The third kappa shape index (κ3) is 7.41. The Morgan fingerprint density at radius 3 is 2.62 bits per heavy atom. The molecule has 2 fully saturated rings. The third-order valence-electron chi connectivity index (χ3n) is 5.92. The number of aliphatic imine (C=N–C) groups is 1. The molecule has 3 N–H and O–H groups in total. The van der Waals surface area contributed by atoms with Crippen LogP contribution < -0.4 is 10.6 Å². The zero-order valence-electron chi connectivity index (χ0n) is 16.9. The van der Waals surface area contributed by atoms with E-state index in [4.69, 9.17) is 9.73 Å². The smallest absolute Gasteiger partial charge is 0.191 e. The van der Waals surface area contributed by atoms with Crippen LogP contribution in [0.1, 0.15) is 58.3 Å². The van der Waals surface area contributed by atoms with Crippen molar-refractivity contribution in [2.75, 3.05) is 53.0 Å². The minimum Gasteiger partial charge on any atom is -0.393 e. The van der Waals surface area contributed by atoms with E-state index in [1.54, 1.807) is 7.11 Å². The van der Waals surface area contributed by atoms with E-state index in [0.29, 0.717) is 5.41 Å². The van der Waals surface area contributed by atoms with E-state index in [1.165, 1.54) is 25.7 Å². The average Bonchev–Trinajstić information content (AvgIpc) is 3.12. The van der Waals surface area contributed by atoms with Crippen LogP contribution in [0.3, 0.4) is 0 Å². The van der Waals surface area contributed by atoms with Gasteiger partial charge in [0.25, 0.3) is 0 Å². The van der Waals surface area contributed by atoms with Crippen LogP contribution in [0.15, 0.2) is 4.99 Å². The number of methoxy groups -OCH3 is 1. The fraction of sp³-hybridized carbons (Fsp3) is 0.950. The highest BCUT2D eigenvalue weighted by atomic mass is 16.5. The summed E-state index contributed by atoms with van der Waals surface area (Å²) in [6.07, 6.45) is 9.18. The lowest BCUT2D eigenvalue weighted by Gasteiger charge is -2.29. The van der Waals surface area contributed by atoms with Crippen molar-refractivity contribution in [3.63, 3.8) is 0 Å². The fourth-order valence-electron chi connectivity index (χ4n) is 4.17. The predicted octanol–water partition coefficient (Wildman–Crippen LogP) is 1.99. The fourth-order valence-corrected chi connectivity index (χ4v) is 4.17. The number of likely N-dealkylation sites (tertiary alicyclic amines) is 1. The Labute approximate surface area is 159 Å². The molecule has 0 unspecified atom stereocenters. The molecule has 2 rings (SSSR count). The highest BCUT2D eigenvalue weighted by Gasteiger charge is 2.33. The highest BCUT2D eigenvalue weighted by molar-refractivity contribution is 5.79. The van der Waals surface area contributed by atoms with Gasteiger partial charge in [0.15, 0.2) is 5.96 Å². The number of hydrogen-bond acceptors (Lipinski definition) is 4. The second-order valence-electron chi connectivity index (χ2n) is 8.00. The monoisotopic (exact) mass is 368 g/mol. The van der Waals surface area contributed by atoms with Gasteiger partial charge in [-0.05, 0) is 57.4 Å². The summed E-state index contributed by atoms with van der Waals surface area (Å²) in [5.74, 6) is 0.949. The Balaban J connectivity index is 1.73. The molecule has 1 aliphatic heterocycles. The van der Waals surface area contributed by atoms with Gasteiger partial charge in [0, 0.05) is 46.4 Å². The molecule has 0 aromatic carbocycles. The predicted molar refractivity (Wildman–Crippen MR) is 108 cm³/mol. The lowest BCUT2D eigenvalue weighted by Crippen LogP contribution is -2.41. The first-order valence-corrected chi connectivity index (χ1v) is 10.6. The van der Waals surface area contributed by atoms with Crippen molar-refractivity contribution >= 4 is 5.96 Å². The first-order chi connectivity index (χ1) is 12.7. The topological polar surface area (TPSA) is 69.1 Å². The molecule has 0 atom stereocenters. The molecule has 6 nitrogen and oxygen atoms in total. The molecule has 0 spiro atoms. The van der Waals surface area contributed by atoms with Gasteiger partial charge in [0.05, 0.1) is 6.10 Å². The second kappa shape index (κ2) is 11.8. The van der Waals surface area contributed by atoms with Gasteiger partial charge >= 0.3 is 0 Å². The lowest BCUT2D eigenvalue weighted by atomic mass is 9.83. The van der Waals surface area contributed by atoms with Crippen LogP contribution in [0.2, 0.25) is 0 Å². The lowest BCUT2D eigenvalue weighted by molar-refractivity contribution is 0.0822.